The predicted molar refractivity (Wildman–Crippen MR) is 63.7 cm³/mol. The first-order valence-corrected chi connectivity index (χ1v) is 6.76. The number of carbonyl (C=O) groups is 2. The van der Waals surface area contributed by atoms with Crippen LogP contribution in [0.3, 0.4) is 0 Å². The molecule has 1 fully saturated rings. The first-order chi connectivity index (χ1) is 7.63. The van der Waals surface area contributed by atoms with Gasteiger partial charge in [0.25, 0.3) is 0 Å². The molecule has 1 rings (SSSR count). The molecule has 16 heavy (non-hydrogen) atoms. The fourth-order valence-electron chi connectivity index (χ4n) is 1.37. The minimum absolute atomic E-state index is 0.207. The summed E-state index contributed by atoms with van der Waals surface area (Å²) >= 11 is 1.65. The molecule has 0 spiro atoms. The second-order valence-electron chi connectivity index (χ2n) is 3.94. The van der Waals surface area contributed by atoms with Gasteiger partial charge >= 0.3 is 12.0 Å². The normalized spacial score (nSPS) is 14.6. The summed E-state index contributed by atoms with van der Waals surface area (Å²) in [4.78, 5) is 23.7. The number of nitrogens with zero attached hydrogens (tertiary/aromatic N) is 1. The Morgan fingerprint density at radius 2 is 2.19 bits per heavy atom. The van der Waals surface area contributed by atoms with Gasteiger partial charge in [-0.2, -0.15) is 11.8 Å². The molecule has 0 radical (unpaired) electrons. The van der Waals surface area contributed by atoms with Gasteiger partial charge in [0, 0.05) is 18.8 Å². The first-order valence-electron chi connectivity index (χ1n) is 5.37. The van der Waals surface area contributed by atoms with Crippen LogP contribution in [0.4, 0.5) is 4.79 Å². The van der Waals surface area contributed by atoms with E-state index in [9.17, 15) is 9.59 Å². The number of urea groups is 1. The number of carbonyl (C=O) groups excluding carboxylic acids is 1. The van der Waals surface area contributed by atoms with Gasteiger partial charge in [0.05, 0.1) is 0 Å². The van der Waals surface area contributed by atoms with E-state index in [1.165, 1.54) is 4.90 Å². The van der Waals surface area contributed by atoms with Crippen LogP contribution in [-0.2, 0) is 4.79 Å². The van der Waals surface area contributed by atoms with Crippen LogP contribution in [0.5, 0.6) is 0 Å². The highest BCUT2D eigenvalue weighted by atomic mass is 32.2. The molecular weight excluding hydrogens is 228 g/mol. The van der Waals surface area contributed by atoms with Gasteiger partial charge in [0.1, 0.15) is 6.54 Å². The van der Waals surface area contributed by atoms with Gasteiger partial charge in [-0.25, -0.2) is 4.79 Å². The van der Waals surface area contributed by atoms with Crippen molar-refractivity contribution in [3.63, 3.8) is 0 Å². The van der Waals surface area contributed by atoms with E-state index in [1.54, 1.807) is 11.8 Å². The predicted octanol–water partition coefficient (Wildman–Crippen LogP) is 0.856. The molecule has 0 heterocycles. The fourth-order valence-corrected chi connectivity index (χ4v) is 1.67. The van der Waals surface area contributed by atoms with E-state index in [2.05, 4.69) is 5.32 Å². The van der Waals surface area contributed by atoms with Gasteiger partial charge in [0.2, 0.25) is 0 Å². The molecule has 0 bridgehead atoms. The zero-order valence-electron chi connectivity index (χ0n) is 9.44. The van der Waals surface area contributed by atoms with Crippen LogP contribution in [0.1, 0.15) is 12.8 Å². The Bertz CT molecular complexity index is 256. The van der Waals surface area contributed by atoms with Crippen molar-refractivity contribution < 1.29 is 14.7 Å². The molecule has 1 aliphatic rings. The highest BCUT2D eigenvalue weighted by molar-refractivity contribution is 7.98. The van der Waals surface area contributed by atoms with Gasteiger partial charge in [-0.05, 0) is 25.0 Å². The number of hydrogen-bond acceptors (Lipinski definition) is 3. The van der Waals surface area contributed by atoms with Gasteiger partial charge in [0.15, 0.2) is 0 Å². The zero-order valence-corrected chi connectivity index (χ0v) is 10.3. The standard InChI is InChI=1S/C10H18N2O3S/c1-16-5-4-11-10(15)12(7-9(13)14)6-8-2-3-8/h8H,2-7H2,1H3,(H,11,15)(H,13,14). The second kappa shape index (κ2) is 6.62. The first kappa shape index (κ1) is 13.2. The largest absolute Gasteiger partial charge is 0.480 e. The molecule has 5 nitrogen and oxygen atoms in total. The molecule has 92 valence electrons. The summed E-state index contributed by atoms with van der Waals surface area (Å²) in [5.74, 6) is 0.391. The lowest BCUT2D eigenvalue weighted by atomic mass is 10.3. The monoisotopic (exact) mass is 246 g/mol. The van der Waals surface area contributed by atoms with Crippen LogP contribution in [0.25, 0.3) is 0 Å². The highest BCUT2D eigenvalue weighted by Gasteiger charge is 2.27. The summed E-state index contributed by atoms with van der Waals surface area (Å²) in [7, 11) is 0. The lowest BCUT2D eigenvalue weighted by Crippen LogP contribution is -2.44. The molecule has 1 saturated carbocycles. The maximum atomic E-state index is 11.7. The summed E-state index contributed by atoms with van der Waals surface area (Å²) in [6.45, 7) is 0.944. The molecule has 0 aromatic rings. The lowest BCUT2D eigenvalue weighted by molar-refractivity contribution is -0.137. The number of hydrogen-bond donors (Lipinski definition) is 2. The topological polar surface area (TPSA) is 69.6 Å². The summed E-state index contributed by atoms with van der Waals surface area (Å²) in [6.07, 6.45) is 4.17. The maximum absolute atomic E-state index is 11.7. The van der Waals surface area contributed by atoms with Crippen molar-refractivity contribution in [3.8, 4) is 0 Å². The Balaban J connectivity index is 2.33. The molecule has 0 aromatic heterocycles. The van der Waals surface area contributed by atoms with Crippen LogP contribution in [0.15, 0.2) is 0 Å². The highest BCUT2D eigenvalue weighted by Crippen LogP contribution is 2.29. The van der Waals surface area contributed by atoms with Crippen molar-refractivity contribution in [2.45, 2.75) is 12.8 Å². The van der Waals surface area contributed by atoms with Gasteiger partial charge in [-0.3, -0.25) is 4.79 Å². The Morgan fingerprint density at radius 1 is 1.50 bits per heavy atom. The minimum atomic E-state index is -0.958. The number of aliphatic carboxylic acids is 1. The third-order valence-electron chi connectivity index (χ3n) is 2.37. The van der Waals surface area contributed by atoms with E-state index < -0.39 is 5.97 Å². The summed E-state index contributed by atoms with van der Waals surface area (Å²) in [6, 6.07) is -0.261. The molecule has 6 heteroatoms. The average molecular weight is 246 g/mol. The van der Waals surface area contributed by atoms with Crippen molar-refractivity contribution in [3.05, 3.63) is 0 Å². The van der Waals surface area contributed by atoms with Crippen molar-refractivity contribution >= 4 is 23.8 Å². The molecule has 2 N–H and O–H groups in total. The number of nitrogens with one attached hydrogen (secondary N) is 1. The van der Waals surface area contributed by atoms with E-state index in [0.29, 0.717) is 19.0 Å². The molecule has 2 amide bonds. The van der Waals surface area contributed by atoms with E-state index >= 15 is 0 Å². The number of carboxylic acids is 1. The maximum Gasteiger partial charge on any atom is 0.323 e. The van der Waals surface area contributed by atoms with Crippen LogP contribution >= 0.6 is 11.8 Å². The minimum Gasteiger partial charge on any atom is -0.480 e. The third-order valence-corrected chi connectivity index (χ3v) is 2.98. The third kappa shape index (κ3) is 5.25. The van der Waals surface area contributed by atoms with Crippen molar-refractivity contribution in [1.82, 2.24) is 10.2 Å². The number of rotatable bonds is 7. The molecule has 0 aromatic carbocycles. The number of carboxylic acid groups (broad SMARTS) is 1. The van der Waals surface area contributed by atoms with Crippen LogP contribution < -0.4 is 5.32 Å². The Kier molecular flexibility index (Phi) is 5.45. The SMILES string of the molecule is CSCCNC(=O)N(CC(=O)O)CC1CC1. The molecule has 0 unspecified atom stereocenters. The molecule has 0 saturated heterocycles. The van der Waals surface area contributed by atoms with Crippen molar-refractivity contribution in [1.29, 1.82) is 0 Å². The molecule has 1 aliphatic carbocycles. The average Bonchev–Trinajstić information content (AvgIpc) is 3.00. The van der Waals surface area contributed by atoms with Crippen molar-refractivity contribution in [2.75, 3.05) is 31.6 Å². The quantitative estimate of drug-likeness (QED) is 0.654. The van der Waals surface area contributed by atoms with E-state index in [1.807, 2.05) is 6.26 Å². The van der Waals surface area contributed by atoms with E-state index in [0.717, 1.165) is 18.6 Å². The Labute approximate surface area is 99.6 Å². The van der Waals surface area contributed by atoms with Crippen LogP contribution in [0.2, 0.25) is 0 Å². The van der Waals surface area contributed by atoms with Crippen LogP contribution in [-0.4, -0.2) is 53.6 Å². The van der Waals surface area contributed by atoms with Gasteiger partial charge in [-0.15, -0.1) is 0 Å². The Morgan fingerprint density at radius 3 is 2.69 bits per heavy atom. The zero-order chi connectivity index (χ0) is 12.0. The molecule has 0 atom stereocenters. The smallest absolute Gasteiger partial charge is 0.323 e. The fraction of sp³-hybridized carbons (Fsp3) is 0.800. The van der Waals surface area contributed by atoms with E-state index in [-0.39, 0.29) is 12.6 Å². The second-order valence-corrected chi connectivity index (χ2v) is 4.93. The molecule has 0 aliphatic heterocycles. The lowest BCUT2D eigenvalue weighted by Gasteiger charge is -2.20. The van der Waals surface area contributed by atoms with E-state index in [4.69, 9.17) is 5.11 Å². The van der Waals surface area contributed by atoms with Crippen LogP contribution in [0, 0.1) is 5.92 Å². The number of thioether (sulfide) groups is 1. The summed E-state index contributed by atoms with van der Waals surface area (Å²) in [5.41, 5.74) is 0. The summed E-state index contributed by atoms with van der Waals surface area (Å²) in [5, 5.41) is 11.4. The van der Waals surface area contributed by atoms with Crippen molar-refractivity contribution in [2.24, 2.45) is 5.92 Å². The summed E-state index contributed by atoms with van der Waals surface area (Å²) < 4.78 is 0. The van der Waals surface area contributed by atoms with Gasteiger partial charge in [-0.1, -0.05) is 0 Å². The number of amides is 2. The molecular formula is C10H18N2O3S. The Hall–Kier alpha value is -0.910. The van der Waals surface area contributed by atoms with Gasteiger partial charge < -0.3 is 15.3 Å².